The van der Waals surface area contributed by atoms with Crippen molar-refractivity contribution in [2.24, 2.45) is 0 Å². The van der Waals surface area contributed by atoms with Crippen molar-refractivity contribution in [2.75, 3.05) is 5.73 Å². The molecule has 0 spiro atoms. The molecule has 1 heterocycles. The number of halogens is 2. The molecule has 2 aromatic rings. The Labute approximate surface area is 102 Å². The van der Waals surface area contributed by atoms with Gasteiger partial charge in [0.1, 0.15) is 14.6 Å². The van der Waals surface area contributed by atoms with Gasteiger partial charge < -0.3 is 5.73 Å². The van der Waals surface area contributed by atoms with Crippen molar-refractivity contribution in [2.45, 2.75) is 0 Å². The van der Waals surface area contributed by atoms with Gasteiger partial charge in [-0.25, -0.2) is 4.98 Å². The van der Waals surface area contributed by atoms with E-state index in [0.29, 0.717) is 5.82 Å². The summed E-state index contributed by atoms with van der Waals surface area (Å²) in [6.45, 7) is 0. The van der Waals surface area contributed by atoms with Crippen molar-refractivity contribution in [3.8, 4) is 10.6 Å². The van der Waals surface area contributed by atoms with Crippen molar-refractivity contribution < 1.29 is 0 Å². The highest BCUT2D eigenvalue weighted by molar-refractivity contribution is 9.11. The van der Waals surface area contributed by atoms with Gasteiger partial charge in [0.15, 0.2) is 0 Å². The van der Waals surface area contributed by atoms with Crippen LogP contribution in [0.1, 0.15) is 0 Å². The second kappa shape index (κ2) is 4.00. The Morgan fingerprint density at radius 1 is 1.29 bits per heavy atom. The zero-order valence-electron chi connectivity index (χ0n) is 7.00. The molecule has 0 saturated carbocycles. The molecule has 0 atom stereocenters. The van der Waals surface area contributed by atoms with Gasteiger partial charge in [-0.05, 0) is 28.1 Å². The van der Waals surface area contributed by atoms with E-state index in [0.717, 1.165) is 18.8 Å². The molecule has 0 aliphatic carbocycles. The van der Waals surface area contributed by atoms with Crippen LogP contribution in [0.4, 0.5) is 5.82 Å². The van der Waals surface area contributed by atoms with Crippen LogP contribution in [0, 0.1) is 0 Å². The fourth-order valence-corrected chi connectivity index (χ4v) is 2.71. The molecule has 5 heteroatoms. The Bertz CT molecular complexity index is 448. The lowest BCUT2D eigenvalue weighted by atomic mass is 10.2. The van der Waals surface area contributed by atoms with Crippen molar-refractivity contribution >= 4 is 49.0 Å². The van der Waals surface area contributed by atoms with E-state index >= 15 is 0 Å². The van der Waals surface area contributed by atoms with Crippen LogP contribution in [0.15, 0.2) is 32.5 Å². The summed E-state index contributed by atoms with van der Waals surface area (Å²) in [5, 5.41) is 0.927. The topological polar surface area (TPSA) is 38.9 Å². The standard InChI is InChI=1S/C9H6Br2N2S/c10-6-3-1-2-5(4-6)9-13-8(12)7(11)14-9/h1-4H,12H2. The highest BCUT2D eigenvalue weighted by atomic mass is 79.9. The SMILES string of the molecule is Nc1nc(-c2cccc(Br)c2)sc1Br. The number of anilines is 1. The maximum Gasteiger partial charge on any atom is 0.149 e. The molecule has 0 radical (unpaired) electrons. The monoisotopic (exact) mass is 332 g/mol. The largest absolute Gasteiger partial charge is 0.382 e. The third-order valence-electron chi connectivity index (χ3n) is 1.68. The molecule has 0 saturated heterocycles. The van der Waals surface area contributed by atoms with E-state index < -0.39 is 0 Å². The van der Waals surface area contributed by atoms with Crippen molar-refractivity contribution in [1.82, 2.24) is 4.98 Å². The maximum atomic E-state index is 5.66. The lowest BCUT2D eigenvalue weighted by Gasteiger charge is -1.95. The van der Waals surface area contributed by atoms with Gasteiger partial charge >= 0.3 is 0 Å². The van der Waals surface area contributed by atoms with Crippen LogP contribution < -0.4 is 5.73 Å². The Balaban J connectivity index is 2.49. The van der Waals surface area contributed by atoms with Crippen LogP contribution in [-0.4, -0.2) is 4.98 Å². The maximum absolute atomic E-state index is 5.66. The summed E-state index contributed by atoms with van der Waals surface area (Å²) in [4.78, 5) is 4.25. The minimum Gasteiger partial charge on any atom is -0.382 e. The summed E-state index contributed by atoms with van der Waals surface area (Å²) < 4.78 is 1.92. The first kappa shape index (κ1) is 10.1. The Morgan fingerprint density at radius 2 is 2.07 bits per heavy atom. The summed E-state index contributed by atoms with van der Waals surface area (Å²) >= 11 is 8.31. The summed E-state index contributed by atoms with van der Waals surface area (Å²) in [7, 11) is 0. The van der Waals surface area contributed by atoms with Crippen molar-refractivity contribution in [3.63, 3.8) is 0 Å². The van der Waals surface area contributed by atoms with E-state index in [9.17, 15) is 0 Å². The van der Waals surface area contributed by atoms with Crippen LogP contribution in [0.3, 0.4) is 0 Å². The van der Waals surface area contributed by atoms with Crippen LogP contribution in [0.2, 0.25) is 0 Å². The van der Waals surface area contributed by atoms with Crippen molar-refractivity contribution in [1.29, 1.82) is 0 Å². The van der Waals surface area contributed by atoms with E-state index in [1.54, 1.807) is 0 Å². The van der Waals surface area contributed by atoms with E-state index in [4.69, 9.17) is 5.73 Å². The van der Waals surface area contributed by atoms with Gasteiger partial charge in [0, 0.05) is 10.0 Å². The van der Waals surface area contributed by atoms with Gasteiger partial charge in [-0.1, -0.05) is 28.1 Å². The molecule has 0 amide bonds. The number of hydrogen-bond acceptors (Lipinski definition) is 3. The number of aromatic nitrogens is 1. The number of hydrogen-bond donors (Lipinski definition) is 1. The third kappa shape index (κ3) is 1.99. The minimum absolute atomic E-state index is 0.546. The van der Waals surface area contributed by atoms with Crippen LogP contribution >= 0.6 is 43.2 Å². The number of nitrogens with two attached hydrogens (primary N) is 1. The molecule has 2 N–H and O–H groups in total. The molecule has 2 nitrogen and oxygen atoms in total. The minimum atomic E-state index is 0.546. The molecule has 2 rings (SSSR count). The van der Waals surface area contributed by atoms with Crippen molar-refractivity contribution in [3.05, 3.63) is 32.5 Å². The first-order valence-corrected chi connectivity index (χ1v) is 6.25. The zero-order chi connectivity index (χ0) is 10.1. The fraction of sp³-hybridized carbons (Fsp3) is 0. The molecule has 1 aromatic carbocycles. The van der Waals surface area contributed by atoms with Gasteiger partial charge in [0.05, 0.1) is 0 Å². The Kier molecular flexibility index (Phi) is 2.90. The van der Waals surface area contributed by atoms with Gasteiger partial charge in [-0.3, -0.25) is 0 Å². The molecule has 0 bridgehead atoms. The third-order valence-corrected chi connectivity index (χ3v) is 3.98. The van der Waals surface area contributed by atoms with Crippen LogP contribution in [0.5, 0.6) is 0 Å². The molecule has 14 heavy (non-hydrogen) atoms. The van der Waals surface area contributed by atoms with Gasteiger partial charge in [0.25, 0.3) is 0 Å². The summed E-state index contributed by atoms with van der Waals surface area (Å²) in [6.07, 6.45) is 0. The summed E-state index contributed by atoms with van der Waals surface area (Å²) in [6, 6.07) is 7.99. The first-order chi connectivity index (χ1) is 6.66. The smallest absolute Gasteiger partial charge is 0.149 e. The average molecular weight is 334 g/mol. The average Bonchev–Trinajstić information content (AvgIpc) is 2.47. The summed E-state index contributed by atoms with van der Waals surface area (Å²) in [5.41, 5.74) is 6.73. The lowest BCUT2D eigenvalue weighted by Crippen LogP contribution is -1.84. The molecule has 0 aliphatic heterocycles. The van der Waals surface area contributed by atoms with E-state index in [1.165, 1.54) is 11.3 Å². The van der Waals surface area contributed by atoms with Gasteiger partial charge in [0.2, 0.25) is 0 Å². The highest BCUT2D eigenvalue weighted by Crippen LogP contribution is 2.34. The Morgan fingerprint density at radius 3 is 2.64 bits per heavy atom. The second-order valence-electron chi connectivity index (χ2n) is 2.69. The number of nitrogen functional groups attached to an aromatic ring is 1. The van der Waals surface area contributed by atoms with E-state index in [-0.39, 0.29) is 0 Å². The van der Waals surface area contributed by atoms with Gasteiger partial charge in [-0.2, -0.15) is 0 Å². The zero-order valence-corrected chi connectivity index (χ0v) is 11.0. The first-order valence-electron chi connectivity index (χ1n) is 3.84. The number of rotatable bonds is 1. The molecular weight excluding hydrogens is 328 g/mol. The van der Waals surface area contributed by atoms with Crippen LogP contribution in [0.25, 0.3) is 10.6 Å². The predicted molar refractivity (Wildman–Crippen MR) is 67.4 cm³/mol. The lowest BCUT2D eigenvalue weighted by molar-refractivity contribution is 1.41. The summed E-state index contributed by atoms with van der Waals surface area (Å²) in [5.74, 6) is 0.546. The fourth-order valence-electron chi connectivity index (χ4n) is 1.06. The van der Waals surface area contributed by atoms with Gasteiger partial charge in [-0.15, -0.1) is 11.3 Å². The molecule has 0 aliphatic rings. The normalized spacial score (nSPS) is 10.4. The van der Waals surface area contributed by atoms with Crippen LogP contribution in [-0.2, 0) is 0 Å². The molecule has 0 fully saturated rings. The molecule has 1 aromatic heterocycles. The molecule has 0 unspecified atom stereocenters. The Hall–Kier alpha value is -0.390. The number of nitrogens with zero attached hydrogens (tertiary/aromatic N) is 1. The molecular formula is C9H6Br2N2S. The quantitative estimate of drug-likeness (QED) is 0.859. The highest BCUT2D eigenvalue weighted by Gasteiger charge is 2.07. The molecule has 72 valence electrons. The van der Waals surface area contributed by atoms with E-state index in [1.807, 2.05) is 24.3 Å². The number of benzene rings is 1. The van der Waals surface area contributed by atoms with E-state index in [2.05, 4.69) is 36.8 Å². The predicted octanol–water partition coefficient (Wildman–Crippen LogP) is 3.92. The number of thiazole rings is 1. The second-order valence-corrected chi connectivity index (χ2v) is 5.92.